The van der Waals surface area contributed by atoms with Crippen LogP contribution in [0.25, 0.3) is 10.4 Å². The van der Waals surface area contributed by atoms with Crippen LogP contribution in [0.2, 0.25) is 0 Å². The van der Waals surface area contributed by atoms with Crippen molar-refractivity contribution in [3.8, 4) is 0 Å². The van der Waals surface area contributed by atoms with Gasteiger partial charge in [0.2, 0.25) is 0 Å². The lowest BCUT2D eigenvalue weighted by molar-refractivity contribution is -0.0163. The highest BCUT2D eigenvalue weighted by Crippen LogP contribution is 2.50. The summed E-state index contributed by atoms with van der Waals surface area (Å²) >= 11 is 0. The van der Waals surface area contributed by atoms with Gasteiger partial charge in [-0.25, -0.2) is 0 Å². The maximum Gasteiger partial charge on any atom is 0.0680 e. The summed E-state index contributed by atoms with van der Waals surface area (Å²) in [7, 11) is 0. The lowest BCUT2D eigenvalue weighted by Gasteiger charge is -2.46. The van der Waals surface area contributed by atoms with E-state index in [1.165, 1.54) is 5.57 Å². The average Bonchev–Trinajstić information content (AvgIpc) is 2.46. The van der Waals surface area contributed by atoms with Crippen LogP contribution in [-0.4, -0.2) is 11.2 Å². The van der Waals surface area contributed by atoms with Gasteiger partial charge in [0.1, 0.15) is 0 Å². The fraction of sp³-hybridized carbons (Fsp3) is 0.529. The van der Waals surface area contributed by atoms with E-state index in [1.807, 2.05) is 30.3 Å². The van der Waals surface area contributed by atoms with Crippen LogP contribution in [0.3, 0.4) is 0 Å². The van der Waals surface area contributed by atoms with Gasteiger partial charge < -0.3 is 5.11 Å². The van der Waals surface area contributed by atoms with Gasteiger partial charge in [0, 0.05) is 10.8 Å². The second kappa shape index (κ2) is 5.92. The van der Waals surface area contributed by atoms with Crippen molar-refractivity contribution in [1.29, 1.82) is 0 Å². The van der Waals surface area contributed by atoms with E-state index in [9.17, 15) is 5.11 Å². The zero-order valence-corrected chi connectivity index (χ0v) is 12.1. The molecule has 4 nitrogen and oxygen atoms in total. The molecule has 0 saturated heterocycles. The molecule has 2 fully saturated rings. The number of fused-ring (bicyclic) bond motifs is 2. The summed E-state index contributed by atoms with van der Waals surface area (Å²) in [6.45, 7) is 4.15. The molecule has 4 heteroatoms. The van der Waals surface area contributed by atoms with E-state index in [2.05, 4.69) is 16.6 Å². The van der Waals surface area contributed by atoms with Crippen molar-refractivity contribution < 1.29 is 5.11 Å². The van der Waals surface area contributed by atoms with Gasteiger partial charge in [-0.1, -0.05) is 47.6 Å². The molecule has 1 aromatic rings. The second-order valence-electron chi connectivity index (χ2n) is 6.46. The Kier molecular flexibility index (Phi) is 4.00. The Bertz CT molecular complexity index is 563. The highest BCUT2D eigenvalue weighted by atomic mass is 16.3. The zero-order chi connectivity index (χ0) is 14.8. The standard InChI is InChI=1S/C17H21N3O/c1-11-7-12-9-14(8-11)16(15(21)10-12)17(19-20-18)13-5-3-2-4-6-13/h2-6,12,14-17,21H,1,7-10H2/t12?,14?,15-,16?,17?/m1/s1. The summed E-state index contributed by atoms with van der Waals surface area (Å²) in [5.74, 6) is 0.914. The Hall–Kier alpha value is -1.77. The molecule has 4 unspecified atom stereocenters. The molecule has 0 radical (unpaired) electrons. The molecule has 3 rings (SSSR count). The van der Waals surface area contributed by atoms with Crippen molar-refractivity contribution in [1.82, 2.24) is 0 Å². The molecule has 21 heavy (non-hydrogen) atoms. The van der Waals surface area contributed by atoms with E-state index in [-0.39, 0.29) is 12.0 Å². The SMILES string of the molecule is C=C1CC2CC(C1)C(C(N=[N+]=[N-])c1ccccc1)[C@H](O)C2. The van der Waals surface area contributed by atoms with Crippen molar-refractivity contribution in [3.63, 3.8) is 0 Å². The molecule has 0 heterocycles. The lowest BCUT2D eigenvalue weighted by atomic mass is 9.62. The van der Waals surface area contributed by atoms with Crippen LogP contribution in [0.1, 0.15) is 37.3 Å². The van der Waals surface area contributed by atoms with Crippen LogP contribution >= 0.6 is 0 Å². The minimum Gasteiger partial charge on any atom is -0.393 e. The number of hydrogen-bond acceptors (Lipinski definition) is 2. The second-order valence-corrected chi connectivity index (χ2v) is 6.46. The first-order valence-corrected chi connectivity index (χ1v) is 7.63. The van der Waals surface area contributed by atoms with Crippen LogP contribution in [-0.2, 0) is 0 Å². The molecule has 2 bridgehead atoms. The third-order valence-electron chi connectivity index (χ3n) is 5.01. The maximum absolute atomic E-state index is 10.6. The fourth-order valence-electron chi connectivity index (χ4n) is 4.28. The molecule has 0 aromatic heterocycles. The predicted octanol–water partition coefficient (Wildman–Crippen LogP) is 4.39. The maximum atomic E-state index is 10.6. The number of aliphatic hydroxyl groups excluding tert-OH is 1. The molecular weight excluding hydrogens is 262 g/mol. The van der Waals surface area contributed by atoms with Crippen LogP contribution in [0, 0.1) is 17.8 Å². The Morgan fingerprint density at radius 2 is 2.00 bits per heavy atom. The number of allylic oxidation sites excluding steroid dienone is 1. The van der Waals surface area contributed by atoms with Crippen molar-refractivity contribution >= 4 is 0 Å². The van der Waals surface area contributed by atoms with Gasteiger partial charge in [-0.2, -0.15) is 0 Å². The third-order valence-corrected chi connectivity index (χ3v) is 5.01. The van der Waals surface area contributed by atoms with Crippen molar-refractivity contribution in [2.45, 2.75) is 37.8 Å². The van der Waals surface area contributed by atoms with E-state index in [0.29, 0.717) is 11.8 Å². The van der Waals surface area contributed by atoms with E-state index >= 15 is 0 Å². The first-order chi connectivity index (χ1) is 10.2. The minimum atomic E-state index is -0.391. The number of aliphatic hydroxyl groups is 1. The van der Waals surface area contributed by atoms with Crippen LogP contribution in [0.4, 0.5) is 0 Å². The molecule has 1 N–H and O–H groups in total. The number of azide groups is 1. The van der Waals surface area contributed by atoms with Gasteiger partial charge in [0.25, 0.3) is 0 Å². The summed E-state index contributed by atoms with van der Waals surface area (Å²) in [4.78, 5) is 3.04. The number of rotatable bonds is 3. The minimum absolute atomic E-state index is 0.00315. The van der Waals surface area contributed by atoms with Gasteiger partial charge >= 0.3 is 0 Å². The van der Waals surface area contributed by atoms with Crippen molar-refractivity contribution in [2.24, 2.45) is 22.9 Å². The number of benzene rings is 1. The largest absolute Gasteiger partial charge is 0.393 e. The molecule has 1 aromatic carbocycles. The van der Waals surface area contributed by atoms with Gasteiger partial charge in [0.05, 0.1) is 12.1 Å². The Balaban J connectivity index is 1.94. The van der Waals surface area contributed by atoms with Crippen LogP contribution < -0.4 is 0 Å². The van der Waals surface area contributed by atoms with Gasteiger partial charge in [0.15, 0.2) is 0 Å². The molecule has 0 amide bonds. The average molecular weight is 283 g/mol. The summed E-state index contributed by atoms with van der Waals surface area (Å²) in [5.41, 5.74) is 11.2. The molecule has 110 valence electrons. The van der Waals surface area contributed by atoms with Crippen molar-refractivity contribution in [2.75, 3.05) is 0 Å². The summed E-state index contributed by atoms with van der Waals surface area (Å²) in [5, 5.41) is 14.6. The lowest BCUT2D eigenvalue weighted by Crippen LogP contribution is -2.42. The monoisotopic (exact) mass is 283 g/mol. The van der Waals surface area contributed by atoms with Crippen LogP contribution in [0.15, 0.2) is 47.6 Å². The molecular formula is C17H21N3O. The first kappa shape index (κ1) is 14.2. The predicted molar refractivity (Wildman–Crippen MR) is 82.4 cm³/mol. The Morgan fingerprint density at radius 1 is 1.24 bits per heavy atom. The fourth-order valence-corrected chi connectivity index (χ4v) is 4.28. The van der Waals surface area contributed by atoms with E-state index < -0.39 is 6.10 Å². The Morgan fingerprint density at radius 3 is 2.71 bits per heavy atom. The van der Waals surface area contributed by atoms with E-state index in [0.717, 1.165) is 31.2 Å². The molecule has 0 aliphatic heterocycles. The van der Waals surface area contributed by atoms with Crippen LogP contribution in [0.5, 0.6) is 0 Å². The third kappa shape index (κ3) is 2.82. The smallest absolute Gasteiger partial charge is 0.0680 e. The number of nitrogens with zero attached hydrogens (tertiary/aromatic N) is 3. The molecule has 5 atom stereocenters. The Labute approximate surface area is 125 Å². The van der Waals surface area contributed by atoms with Gasteiger partial charge in [-0.15, -0.1) is 0 Å². The van der Waals surface area contributed by atoms with E-state index in [1.54, 1.807) is 0 Å². The highest BCUT2D eigenvalue weighted by Gasteiger charge is 2.43. The van der Waals surface area contributed by atoms with Gasteiger partial charge in [-0.3, -0.25) is 0 Å². The highest BCUT2D eigenvalue weighted by molar-refractivity contribution is 5.22. The summed E-state index contributed by atoms with van der Waals surface area (Å²) in [6, 6.07) is 9.53. The molecule has 2 aliphatic carbocycles. The molecule has 2 saturated carbocycles. The number of hydrogen-bond donors (Lipinski definition) is 1. The van der Waals surface area contributed by atoms with Crippen molar-refractivity contribution in [3.05, 3.63) is 58.5 Å². The quantitative estimate of drug-likeness (QED) is 0.380. The molecule has 0 spiro atoms. The normalized spacial score (nSPS) is 33.1. The van der Waals surface area contributed by atoms with Gasteiger partial charge in [-0.05, 0) is 48.6 Å². The van der Waals surface area contributed by atoms with E-state index in [4.69, 9.17) is 5.53 Å². The summed E-state index contributed by atoms with van der Waals surface area (Å²) in [6.07, 6.45) is 3.51. The first-order valence-electron chi connectivity index (χ1n) is 7.63. The molecule has 2 aliphatic rings. The summed E-state index contributed by atoms with van der Waals surface area (Å²) < 4.78 is 0. The zero-order valence-electron chi connectivity index (χ0n) is 12.1. The topological polar surface area (TPSA) is 69.0 Å².